The lowest BCUT2D eigenvalue weighted by Gasteiger charge is -2.46. The molecular weight excluding hydrogens is 556 g/mol. The molecule has 2 heterocycles. The summed E-state index contributed by atoms with van der Waals surface area (Å²) in [5, 5.41) is 8.15. The summed E-state index contributed by atoms with van der Waals surface area (Å²) in [6.07, 6.45) is 1.50. The van der Waals surface area contributed by atoms with Gasteiger partial charge in [0.1, 0.15) is 12.2 Å². The van der Waals surface area contributed by atoms with Crippen LogP contribution in [0.3, 0.4) is 0 Å². The molecule has 0 saturated carbocycles. The Labute approximate surface area is 246 Å². The first-order valence-electron chi connectivity index (χ1n) is 14.0. The van der Waals surface area contributed by atoms with E-state index in [4.69, 9.17) is 0 Å². The first kappa shape index (κ1) is 29.3. The molecule has 0 spiro atoms. The van der Waals surface area contributed by atoms with Crippen molar-refractivity contribution in [2.75, 3.05) is 37.7 Å². The number of carbonyl (C=O) groups excluding carboxylic acids is 3. The van der Waals surface area contributed by atoms with Gasteiger partial charge < -0.3 is 15.1 Å². The van der Waals surface area contributed by atoms with Gasteiger partial charge in [-0.25, -0.2) is 13.2 Å². The zero-order valence-electron chi connectivity index (χ0n) is 24.0. The molecule has 4 amide bonds. The maximum atomic E-state index is 14.1. The van der Waals surface area contributed by atoms with Gasteiger partial charge in [-0.1, -0.05) is 61.5 Å². The molecule has 3 aromatic rings. The normalized spacial score (nSPS) is 19.2. The lowest BCUT2D eigenvalue weighted by molar-refractivity contribution is -0.157. The van der Waals surface area contributed by atoms with E-state index in [1.54, 1.807) is 51.1 Å². The predicted molar refractivity (Wildman–Crippen MR) is 161 cm³/mol. The van der Waals surface area contributed by atoms with Gasteiger partial charge in [0.15, 0.2) is 0 Å². The molecule has 0 radical (unpaired) electrons. The molecule has 222 valence electrons. The van der Waals surface area contributed by atoms with E-state index in [0.717, 1.165) is 28.2 Å². The fraction of sp³-hybridized carbons (Fsp3) is 0.367. The van der Waals surface area contributed by atoms with E-state index in [2.05, 4.69) is 10.0 Å². The predicted octanol–water partition coefficient (Wildman–Crippen LogP) is 2.60. The smallest absolute Gasteiger partial charge is 0.331 e. The number of benzene rings is 3. The van der Waals surface area contributed by atoms with Crippen LogP contribution in [-0.4, -0.2) is 91.2 Å². The quantitative estimate of drug-likeness (QED) is 0.394. The topological polar surface area (TPSA) is 122 Å². The van der Waals surface area contributed by atoms with Crippen molar-refractivity contribution in [3.05, 3.63) is 77.9 Å². The number of amides is 4. The van der Waals surface area contributed by atoms with E-state index >= 15 is 0 Å². The van der Waals surface area contributed by atoms with E-state index in [9.17, 15) is 22.8 Å². The van der Waals surface area contributed by atoms with Gasteiger partial charge >= 0.3 is 6.03 Å². The van der Waals surface area contributed by atoms with Gasteiger partial charge in [0.2, 0.25) is 21.8 Å². The zero-order valence-corrected chi connectivity index (χ0v) is 24.8. The van der Waals surface area contributed by atoms with Gasteiger partial charge in [-0.15, -0.1) is 0 Å². The van der Waals surface area contributed by atoms with Crippen LogP contribution in [0.25, 0.3) is 10.8 Å². The highest BCUT2D eigenvalue weighted by Crippen LogP contribution is 2.31. The standard InChI is InChI=1S/C30H36N6O5S/c1-4-16-34(30(39)31-2)35-20-28(37)36-26(17-21-12-14-24(15-13-21)32-42(3,40)41)29(38)33(19-27(35)36)18-23-10-7-9-22-8-5-6-11-25(22)23/h5-15,26-27,32H,4,16-20H2,1-3H3,(H,31,39)/t26-,27+/m0/s1. The zero-order chi connectivity index (χ0) is 30.0. The summed E-state index contributed by atoms with van der Waals surface area (Å²) in [6.45, 7) is 2.98. The van der Waals surface area contributed by atoms with E-state index in [1.807, 2.05) is 49.4 Å². The van der Waals surface area contributed by atoms with Crippen molar-refractivity contribution in [3.63, 3.8) is 0 Å². The van der Waals surface area contributed by atoms with E-state index in [-0.39, 0.29) is 37.4 Å². The SMILES string of the molecule is CCCN(C(=O)NC)N1CC(=O)N2[C@@H](Cc3ccc(NS(C)(=O)=O)cc3)C(=O)N(Cc3cccc4ccccc34)C[C@@H]21. The second kappa shape index (κ2) is 12.0. The van der Waals surface area contributed by atoms with Crippen LogP contribution in [-0.2, 0) is 32.6 Å². The van der Waals surface area contributed by atoms with Crippen LogP contribution in [0.4, 0.5) is 10.5 Å². The fourth-order valence-electron chi connectivity index (χ4n) is 5.86. The van der Waals surface area contributed by atoms with Crippen LogP contribution in [0.5, 0.6) is 0 Å². The molecule has 0 aliphatic carbocycles. The minimum absolute atomic E-state index is 0.0127. The molecule has 0 aromatic heterocycles. The van der Waals surface area contributed by atoms with Gasteiger partial charge in [-0.2, -0.15) is 5.01 Å². The summed E-state index contributed by atoms with van der Waals surface area (Å²) >= 11 is 0. The van der Waals surface area contributed by atoms with Crippen molar-refractivity contribution in [3.8, 4) is 0 Å². The number of hydrogen-bond donors (Lipinski definition) is 2. The molecule has 42 heavy (non-hydrogen) atoms. The second-order valence-electron chi connectivity index (χ2n) is 10.7. The van der Waals surface area contributed by atoms with E-state index < -0.39 is 22.2 Å². The fourth-order valence-corrected chi connectivity index (χ4v) is 6.42. The number of urea groups is 1. The lowest BCUT2D eigenvalue weighted by Crippen LogP contribution is -2.66. The molecule has 3 aromatic carbocycles. The molecule has 0 unspecified atom stereocenters. The van der Waals surface area contributed by atoms with Crippen molar-refractivity contribution in [2.45, 2.75) is 38.5 Å². The maximum absolute atomic E-state index is 14.1. The summed E-state index contributed by atoms with van der Waals surface area (Å²) < 4.78 is 25.7. The minimum Gasteiger partial charge on any atom is -0.340 e. The van der Waals surface area contributed by atoms with Crippen LogP contribution in [0.1, 0.15) is 24.5 Å². The van der Waals surface area contributed by atoms with Crippen LogP contribution < -0.4 is 10.0 Å². The highest BCUT2D eigenvalue weighted by molar-refractivity contribution is 7.92. The Bertz CT molecular complexity index is 1590. The third kappa shape index (κ3) is 6.04. The third-order valence-electron chi connectivity index (χ3n) is 7.69. The van der Waals surface area contributed by atoms with Gasteiger partial charge in [0.05, 0.1) is 19.3 Å². The third-order valence-corrected chi connectivity index (χ3v) is 8.29. The summed E-state index contributed by atoms with van der Waals surface area (Å²) in [6, 6.07) is 19.7. The Kier molecular flexibility index (Phi) is 8.37. The first-order valence-corrected chi connectivity index (χ1v) is 15.9. The lowest BCUT2D eigenvalue weighted by atomic mass is 9.99. The Hall–Kier alpha value is -4.16. The molecule has 2 aliphatic heterocycles. The first-order chi connectivity index (χ1) is 20.1. The highest BCUT2D eigenvalue weighted by Gasteiger charge is 2.52. The van der Waals surface area contributed by atoms with Crippen molar-refractivity contribution >= 4 is 44.3 Å². The number of piperazine rings is 1. The number of nitrogens with one attached hydrogen (secondary N) is 2. The summed E-state index contributed by atoms with van der Waals surface area (Å²) in [4.78, 5) is 43.9. The van der Waals surface area contributed by atoms with Crippen molar-refractivity contribution in [2.24, 2.45) is 0 Å². The molecule has 2 atom stereocenters. The number of hydrogen-bond acceptors (Lipinski definition) is 6. The molecule has 0 bridgehead atoms. The van der Waals surface area contributed by atoms with Crippen molar-refractivity contribution < 1.29 is 22.8 Å². The summed E-state index contributed by atoms with van der Waals surface area (Å²) in [5.74, 6) is -0.391. The Morgan fingerprint density at radius 1 is 1.02 bits per heavy atom. The number of carbonyl (C=O) groups is 3. The van der Waals surface area contributed by atoms with Gasteiger partial charge in [0.25, 0.3) is 0 Å². The molecular formula is C30H36N6O5S. The van der Waals surface area contributed by atoms with Crippen LogP contribution in [0.2, 0.25) is 0 Å². The Morgan fingerprint density at radius 2 is 1.74 bits per heavy atom. The largest absolute Gasteiger partial charge is 0.340 e. The van der Waals surface area contributed by atoms with Crippen LogP contribution in [0.15, 0.2) is 66.7 Å². The number of hydrazine groups is 1. The molecule has 2 fully saturated rings. The van der Waals surface area contributed by atoms with Gasteiger partial charge in [-0.3, -0.25) is 19.3 Å². The van der Waals surface area contributed by atoms with Crippen LogP contribution in [0, 0.1) is 0 Å². The monoisotopic (exact) mass is 592 g/mol. The average molecular weight is 593 g/mol. The highest BCUT2D eigenvalue weighted by atomic mass is 32.2. The van der Waals surface area contributed by atoms with Gasteiger partial charge in [0, 0.05) is 32.2 Å². The summed E-state index contributed by atoms with van der Waals surface area (Å²) in [7, 11) is -1.87. The Morgan fingerprint density at radius 3 is 2.43 bits per heavy atom. The van der Waals surface area contributed by atoms with E-state index in [0.29, 0.717) is 25.2 Å². The average Bonchev–Trinajstić information content (AvgIpc) is 3.29. The number of rotatable bonds is 9. The minimum atomic E-state index is -3.43. The molecule has 11 nitrogen and oxygen atoms in total. The second-order valence-corrected chi connectivity index (χ2v) is 12.5. The number of nitrogens with zero attached hydrogens (tertiary/aromatic N) is 4. The Balaban J connectivity index is 1.50. The number of anilines is 1. The molecule has 5 rings (SSSR count). The van der Waals surface area contributed by atoms with Crippen LogP contribution >= 0.6 is 0 Å². The molecule has 2 aliphatic rings. The summed E-state index contributed by atoms with van der Waals surface area (Å²) in [5.41, 5.74) is 2.19. The molecule has 2 N–H and O–H groups in total. The van der Waals surface area contributed by atoms with Gasteiger partial charge in [-0.05, 0) is 40.5 Å². The number of sulfonamides is 1. The van der Waals surface area contributed by atoms with E-state index in [1.165, 1.54) is 0 Å². The number of fused-ring (bicyclic) bond motifs is 2. The van der Waals surface area contributed by atoms with Crippen molar-refractivity contribution in [1.29, 1.82) is 0 Å². The van der Waals surface area contributed by atoms with Crippen molar-refractivity contribution in [1.82, 2.24) is 25.1 Å². The maximum Gasteiger partial charge on any atom is 0.331 e. The molecule has 12 heteroatoms. The molecule has 2 saturated heterocycles.